The van der Waals surface area contributed by atoms with Crippen molar-refractivity contribution in [2.75, 3.05) is 4.72 Å². The highest BCUT2D eigenvalue weighted by Gasteiger charge is 2.18. The third-order valence-electron chi connectivity index (χ3n) is 4.90. The molecule has 4 rings (SSSR count). The van der Waals surface area contributed by atoms with Gasteiger partial charge in [-0.15, -0.1) is 0 Å². The maximum absolute atomic E-state index is 12.9. The predicted molar refractivity (Wildman–Crippen MR) is 120 cm³/mol. The van der Waals surface area contributed by atoms with Crippen LogP contribution in [0.5, 0.6) is 0 Å². The minimum absolute atomic E-state index is 0.0221. The number of rotatable bonds is 5. The van der Waals surface area contributed by atoms with E-state index in [2.05, 4.69) is 4.72 Å². The number of aromatic nitrogens is 1. The zero-order valence-corrected chi connectivity index (χ0v) is 17.9. The number of halogens is 1. The van der Waals surface area contributed by atoms with Gasteiger partial charge >= 0.3 is 0 Å². The van der Waals surface area contributed by atoms with Crippen LogP contribution in [0.3, 0.4) is 0 Å². The van der Waals surface area contributed by atoms with E-state index in [-0.39, 0.29) is 10.5 Å². The highest BCUT2D eigenvalue weighted by atomic mass is 35.5. The summed E-state index contributed by atoms with van der Waals surface area (Å²) in [4.78, 5) is 11.5. The second-order valence-electron chi connectivity index (χ2n) is 6.97. The highest BCUT2D eigenvalue weighted by molar-refractivity contribution is 7.92. The summed E-state index contributed by atoms with van der Waals surface area (Å²) in [6.45, 7) is 0. The van der Waals surface area contributed by atoms with Crippen LogP contribution in [0.2, 0.25) is 5.02 Å². The molecule has 0 aliphatic heterocycles. The number of carbonyl (C=O) groups excluding carboxylic acids is 1. The van der Waals surface area contributed by atoms with E-state index in [0.29, 0.717) is 10.7 Å². The Kier molecular flexibility index (Phi) is 5.45. The minimum atomic E-state index is -3.96. The number of nitrogens with one attached hydrogen (secondary N) is 2. The van der Waals surface area contributed by atoms with Crippen LogP contribution in [-0.4, -0.2) is 24.1 Å². The molecule has 0 bridgehead atoms. The van der Waals surface area contributed by atoms with Gasteiger partial charge < -0.3 is 4.57 Å². The zero-order chi connectivity index (χ0) is 22.2. The molecule has 0 unspecified atom stereocenters. The van der Waals surface area contributed by atoms with E-state index in [4.69, 9.17) is 16.8 Å². The third kappa shape index (κ3) is 4.13. The summed E-state index contributed by atoms with van der Waals surface area (Å²) < 4.78 is 30.3. The molecule has 4 aromatic rings. The molecule has 0 saturated carbocycles. The molecular formula is C22H18ClN3O4S. The third-order valence-corrected chi connectivity index (χ3v) is 6.54. The van der Waals surface area contributed by atoms with Gasteiger partial charge in [-0.3, -0.25) is 14.7 Å². The van der Waals surface area contributed by atoms with Crippen molar-refractivity contribution in [3.05, 3.63) is 83.5 Å². The standard InChI is InChI=1S/C22H18ClN3O4S/c1-26-13-20(14-5-7-16(23)8-6-14)19-12-17(9-10-21(19)26)25-31(29,30)18-4-2-3-15(11-18)22(27)24-28/h2-13,25,28H,1H3,(H,24,27). The molecular weight excluding hydrogens is 438 g/mol. The fraction of sp³-hybridized carbons (Fsp3) is 0.0455. The summed E-state index contributed by atoms with van der Waals surface area (Å²) in [5, 5.41) is 10.3. The molecule has 9 heteroatoms. The topological polar surface area (TPSA) is 100 Å². The number of carbonyl (C=O) groups is 1. The maximum Gasteiger partial charge on any atom is 0.274 e. The molecule has 31 heavy (non-hydrogen) atoms. The van der Waals surface area contributed by atoms with Gasteiger partial charge in [0.2, 0.25) is 0 Å². The Morgan fingerprint density at radius 2 is 1.77 bits per heavy atom. The molecule has 0 aliphatic carbocycles. The monoisotopic (exact) mass is 455 g/mol. The van der Waals surface area contributed by atoms with Crippen LogP contribution in [0.25, 0.3) is 22.0 Å². The summed E-state index contributed by atoms with van der Waals surface area (Å²) in [6.07, 6.45) is 1.98. The van der Waals surface area contributed by atoms with Crippen molar-refractivity contribution in [3.63, 3.8) is 0 Å². The van der Waals surface area contributed by atoms with Crippen LogP contribution in [0, 0.1) is 0 Å². The first-order valence-corrected chi connectivity index (χ1v) is 11.1. The second kappa shape index (κ2) is 8.07. The molecule has 1 amide bonds. The van der Waals surface area contributed by atoms with E-state index in [1.807, 2.05) is 36.0 Å². The summed E-state index contributed by atoms with van der Waals surface area (Å²) in [6, 6.07) is 18.1. The number of hydrogen-bond donors (Lipinski definition) is 3. The molecule has 0 fully saturated rings. The van der Waals surface area contributed by atoms with Crippen LogP contribution < -0.4 is 10.2 Å². The first-order chi connectivity index (χ1) is 14.8. The number of nitrogens with zero attached hydrogens (tertiary/aromatic N) is 1. The van der Waals surface area contributed by atoms with E-state index < -0.39 is 15.9 Å². The fourth-order valence-electron chi connectivity index (χ4n) is 3.40. The molecule has 7 nitrogen and oxygen atoms in total. The van der Waals surface area contributed by atoms with Crippen molar-refractivity contribution in [2.45, 2.75) is 4.90 Å². The van der Waals surface area contributed by atoms with Crippen molar-refractivity contribution < 1.29 is 18.4 Å². The number of sulfonamides is 1. The van der Waals surface area contributed by atoms with Gasteiger partial charge in [0.05, 0.1) is 4.90 Å². The van der Waals surface area contributed by atoms with E-state index in [0.717, 1.165) is 22.0 Å². The van der Waals surface area contributed by atoms with E-state index in [1.54, 1.807) is 24.3 Å². The van der Waals surface area contributed by atoms with Gasteiger partial charge in [0.15, 0.2) is 0 Å². The van der Waals surface area contributed by atoms with Crippen LogP contribution in [-0.2, 0) is 17.1 Å². The Morgan fingerprint density at radius 1 is 1.03 bits per heavy atom. The number of hydroxylamine groups is 1. The van der Waals surface area contributed by atoms with Crippen LogP contribution in [0.15, 0.2) is 77.8 Å². The minimum Gasteiger partial charge on any atom is -0.350 e. The summed E-state index contributed by atoms with van der Waals surface area (Å²) in [5.41, 5.74) is 4.73. The van der Waals surface area contributed by atoms with Crippen molar-refractivity contribution in [1.29, 1.82) is 0 Å². The summed E-state index contributed by atoms with van der Waals surface area (Å²) >= 11 is 6.00. The van der Waals surface area contributed by atoms with Crippen molar-refractivity contribution in [1.82, 2.24) is 10.0 Å². The van der Waals surface area contributed by atoms with E-state index in [1.165, 1.54) is 29.7 Å². The van der Waals surface area contributed by atoms with Gasteiger partial charge in [-0.1, -0.05) is 29.8 Å². The summed E-state index contributed by atoms with van der Waals surface area (Å²) in [7, 11) is -2.04. The van der Waals surface area contributed by atoms with Gasteiger partial charge in [0, 0.05) is 46.0 Å². The first-order valence-electron chi connectivity index (χ1n) is 9.21. The molecule has 158 valence electrons. The fourth-order valence-corrected chi connectivity index (χ4v) is 4.62. The van der Waals surface area contributed by atoms with Gasteiger partial charge in [0.25, 0.3) is 15.9 Å². The number of aryl methyl sites for hydroxylation is 1. The maximum atomic E-state index is 12.9. The van der Waals surface area contributed by atoms with Crippen LogP contribution in [0.1, 0.15) is 10.4 Å². The lowest BCUT2D eigenvalue weighted by molar-refractivity contribution is 0.0706. The van der Waals surface area contributed by atoms with Crippen LogP contribution in [0.4, 0.5) is 5.69 Å². The van der Waals surface area contributed by atoms with Gasteiger partial charge in [0.1, 0.15) is 0 Å². The molecule has 1 heterocycles. The first kappa shape index (κ1) is 20.9. The zero-order valence-electron chi connectivity index (χ0n) is 16.3. The number of hydrogen-bond acceptors (Lipinski definition) is 4. The second-order valence-corrected chi connectivity index (χ2v) is 9.09. The average molecular weight is 456 g/mol. The smallest absolute Gasteiger partial charge is 0.274 e. The van der Waals surface area contributed by atoms with Gasteiger partial charge in [-0.05, 0) is 54.1 Å². The Balaban J connectivity index is 1.73. The number of benzene rings is 3. The molecule has 0 aliphatic rings. The van der Waals surface area contributed by atoms with Gasteiger partial charge in [-0.2, -0.15) is 0 Å². The average Bonchev–Trinajstić information content (AvgIpc) is 3.09. The molecule has 0 atom stereocenters. The lowest BCUT2D eigenvalue weighted by Crippen LogP contribution is -2.19. The number of anilines is 1. The molecule has 0 spiro atoms. The van der Waals surface area contributed by atoms with Crippen molar-refractivity contribution >= 4 is 44.1 Å². The highest BCUT2D eigenvalue weighted by Crippen LogP contribution is 2.33. The molecule has 1 aromatic heterocycles. The normalized spacial score (nSPS) is 11.5. The lowest BCUT2D eigenvalue weighted by atomic mass is 10.0. The molecule has 3 N–H and O–H groups in total. The molecule has 0 radical (unpaired) electrons. The largest absolute Gasteiger partial charge is 0.350 e. The van der Waals surface area contributed by atoms with Crippen molar-refractivity contribution in [3.8, 4) is 11.1 Å². The van der Waals surface area contributed by atoms with E-state index in [9.17, 15) is 13.2 Å². The van der Waals surface area contributed by atoms with Gasteiger partial charge in [-0.25, -0.2) is 13.9 Å². The summed E-state index contributed by atoms with van der Waals surface area (Å²) in [5.74, 6) is -0.796. The lowest BCUT2D eigenvalue weighted by Gasteiger charge is -2.10. The van der Waals surface area contributed by atoms with Crippen molar-refractivity contribution in [2.24, 2.45) is 7.05 Å². The Labute approximate surface area is 183 Å². The molecule has 3 aromatic carbocycles. The SMILES string of the molecule is Cn1cc(-c2ccc(Cl)cc2)c2cc(NS(=O)(=O)c3cccc(C(=O)NO)c3)ccc21. The molecule has 0 saturated heterocycles. The number of amides is 1. The van der Waals surface area contributed by atoms with Crippen LogP contribution >= 0.6 is 11.6 Å². The van der Waals surface area contributed by atoms with E-state index >= 15 is 0 Å². The number of fused-ring (bicyclic) bond motifs is 1. The predicted octanol–water partition coefficient (Wildman–Crippen LogP) is 4.42. The Bertz CT molecular complexity index is 1400. The quantitative estimate of drug-likeness (QED) is 0.306. The Hall–Kier alpha value is -3.33. The Morgan fingerprint density at radius 3 is 2.48 bits per heavy atom.